The van der Waals surface area contributed by atoms with Gasteiger partial charge < -0.3 is 10.4 Å². The zero-order chi connectivity index (χ0) is 15.1. The van der Waals surface area contributed by atoms with Gasteiger partial charge in [0.25, 0.3) is 5.91 Å². The molecule has 0 unspecified atom stereocenters. The Morgan fingerprint density at radius 2 is 2.19 bits per heavy atom. The number of nitrogens with one attached hydrogen (secondary N) is 1. The van der Waals surface area contributed by atoms with Gasteiger partial charge in [-0.15, -0.1) is 11.3 Å². The molecule has 3 nitrogen and oxygen atoms in total. The lowest BCUT2D eigenvalue weighted by Gasteiger charge is -2.27. The maximum atomic E-state index is 12.2. The number of aliphatic hydroxyl groups is 1. The number of aliphatic hydroxyl groups excluding tert-OH is 1. The topological polar surface area (TPSA) is 49.3 Å². The number of hydrogen-bond donors (Lipinski definition) is 2. The first-order valence-electron chi connectivity index (χ1n) is 7.26. The third-order valence-electron chi connectivity index (χ3n) is 3.62. The molecule has 21 heavy (non-hydrogen) atoms. The van der Waals surface area contributed by atoms with E-state index in [1.165, 1.54) is 24.2 Å². The Morgan fingerprint density at radius 3 is 2.86 bits per heavy atom. The SMILES string of the molecule is CSC1CCC(NC(=O)c2ccc(C#CCCO)s2)CC1. The van der Waals surface area contributed by atoms with Crippen LogP contribution in [0.1, 0.15) is 46.7 Å². The van der Waals surface area contributed by atoms with Crippen molar-refractivity contribution in [1.29, 1.82) is 0 Å². The summed E-state index contributed by atoms with van der Waals surface area (Å²) in [5.41, 5.74) is 0. The number of thiophene rings is 1. The van der Waals surface area contributed by atoms with Crippen molar-refractivity contribution in [3.63, 3.8) is 0 Å². The van der Waals surface area contributed by atoms with Crippen LogP contribution in [-0.4, -0.2) is 35.2 Å². The molecule has 1 aliphatic rings. The second-order valence-electron chi connectivity index (χ2n) is 5.12. The van der Waals surface area contributed by atoms with Crippen molar-refractivity contribution in [3.05, 3.63) is 21.9 Å². The molecule has 1 fully saturated rings. The number of amides is 1. The Labute approximate surface area is 134 Å². The summed E-state index contributed by atoms with van der Waals surface area (Å²) in [4.78, 5) is 13.8. The Hall–Kier alpha value is -0.960. The van der Waals surface area contributed by atoms with Crippen LogP contribution >= 0.6 is 23.1 Å². The highest BCUT2D eigenvalue weighted by Crippen LogP contribution is 2.27. The van der Waals surface area contributed by atoms with Crippen molar-refractivity contribution in [2.45, 2.75) is 43.4 Å². The van der Waals surface area contributed by atoms with Crippen LogP contribution in [0.25, 0.3) is 0 Å². The molecule has 0 saturated heterocycles. The first-order chi connectivity index (χ1) is 10.2. The van der Waals surface area contributed by atoms with Crippen LogP contribution < -0.4 is 5.32 Å². The summed E-state index contributed by atoms with van der Waals surface area (Å²) < 4.78 is 0. The fraction of sp³-hybridized carbons (Fsp3) is 0.562. The molecular formula is C16H21NO2S2. The smallest absolute Gasteiger partial charge is 0.261 e. The highest BCUT2D eigenvalue weighted by Gasteiger charge is 2.22. The molecule has 1 heterocycles. The number of hydrogen-bond acceptors (Lipinski definition) is 4. The Kier molecular flexibility index (Phi) is 6.62. The van der Waals surface area contributed by atoms with Gasteiger partial charge in [0.2, 0.25) is 0 Å². The van der Waals surface area contributed by atoms with Gasteiger partial charge in [-0.3, -0.25) is 4.79 Å². The van der Waals surface area contributed by atoms with E-state index >= 15 is 0 Å². The maximum absolute atomic E-state index is 12.2. The van der Waals surface area contributed by atoms with Gasteiger partial charge in [0.15, 0.2) is 0 Å². The van der Waals surface area contributed by atoms with E-state index in [4.69, 9.17) is 5.11 Å². The van der Waals surface area contributed by atoms with E-state index in [2.05, 4.69) is 23.4 Å². The van der Waals surface area contributed by atoms with Gasteiger partial charge in [0.1, 0.15) is 0 Å². The minimum atomic E-state index is 0.0165. The van der Waals surface area contributed by atoms with E-state index in [0.29, 0.717) is 12.5 Å². The second kappa shape index (κ2) is 8.47. The number of rotatable bonds is 4. The second-order valence-corrected chi connectivity index (χ2v) is 7.34. The van der Waals surface area contributed by atoms with Gasteiger partial charge in [-0.1, -0.05) is 11.8 Å². The molecule has 1 aliphatic carbocycles. The van der Waals surface area contributed by atoms with Gasteiger partial charge in [-0.2, -0.15) is 11.8 Å². The van der Waals surface area contributed by atoms with Crippen molar-refractivity contribution in [3.8, 4) is 11.8 Å². The molecule has 1 aromatic rings. The summed E-state index contributed by atoms with van der Waals surface area (Å²) in [6.45, 7) is 0.0738. The minimum Gasteiger partial charge on any atom is -0.395 e. The van der Waals surface area contributed by atoms with Gasteiger partial charge in [0.05, 0.1) is 16.4 Å². The van der Waals surface area contributed by atoms with Gasteiger partial charge in [-0.25, -0.2) is 0 Å². The average molecular weight is 323 g/mol. The molecule has 5 heteroatoms. The van der Waals surface area contributed by atoms with Crippen molar-refractivity contribution in [2.24, 2.45) is 0 Å². The van der Waals surface area contributed by atoms with E-state index in [1.54, 1.807) is 0 Å². The molecular weight excluding hydrogens is 302 g/mol. The molecule has 1 amide bonds. The molecule has 0 bridgehead atoms. The summed E-state index contributed by atoms with van der Waals surface area (Å²) in [7, 11) is 0. The van der Waals surface area contributed by atoms with Crippen LogP contribution in [0.5, 0.6) is 0 Å². The molecule has 0 aromatic carbocycles. The summed E-state index contributed by atoms with van der Waals surface area (Å²) in [6.07, 6.45) is 7.16. The van der Waals surface area contributed by atoms with Crippen LogP contribution in [0.15, 0.2) is 12.1 Å². The summed E-state index contributed by atoms with van der Waals surface area (Å²) >= 11 is 3.35. The predicted octanol–water partition coefficient (Wildman–Crippen LogP) is 2.89. The first-order valence-corrected chi connectivity index (χ1v) is 9.36. The van der Waals surface area contributed by atoms with Gasteiger partial charge in [-0.05, 0) is 44.1 Å². The minimum absolute atomic E-state index is 0.0165. The molecule has 1 aromatic heterocycles. The molecule has 1 saturated carbocycles. The van der Waals surface area contributed by atoms with Crippen LogP contribution in [0.4, 0.5) is 0 Å². The first kappa shape index (κ1) is 16.4. The van der Waals surface area contributed by atoms with Crippen LogP contribution in [0, 0.1) is 11.8 Å². The quantitative estimate of drug-likeness (QED) is 0.838. The number of carbonyl (C=O) groups is 1. The zero-order valence-corrected chi connectivity index (χ0v) is 13.9. The van der Waals surface area contributed by atoms with Crippen LogP contribution in [-0.2, 0) is 0 Å². The lowest BCUT2D eigenvalue weighted by atomic mass is 9.95. The third-order valence-corrected chi connectivity index (χ3v) is 5.76. The van der Waals surface area contributed by atoms with E-state index in [1.807, 2.05) is 23.9 Å². The van der Waals surface area contributed by atoms with Crippen LogP contribution in [0.2, 0.25) is 0 Å². The Balaban J connectivity index is 1.85. The molecule has 2 rings (SSSR count). The molecule has 0 radical (unpaired) electrons. The van der Waals surface area contributed by atoms with Gasteiger partial charge in [0, 0.05) is 17.7 Å². The number of thioether (sulfide) groups is 1. The molecule has 0 aliphatic heterocycles. The van der Waals surface area contributed by atoms with Crippen molar-refractivity contribution in [1.82, 2.24) is 5.32 Å². The monoisotopic (exact) mass is 323 g/mol. The number of carbonyl (C=O) groups excluding carboxylic acids is 1. The molecule has 0 atom stereocenters. The highest BCUT2D eigenvalue weighted by molar-refractivity contribution is 7.99. The fourth-order valence-corrected chi connectivity index (χ4v) is 3.96. The summed E-state index contributed by atoms with van der Waals surface area (Å²) in [5.74, 6) is 5.85. The highest BCUT2D eigenvalue weighted by atomic mass is 32.2. The van der Waals surface area contributed by atoms with E-state index < -0.39 is 0 Å². The van der Waals surface area contributed by atoms with E-state index in [0.717, 1.165) is 27.8 Å². The van der Waals surface area contributed by atoms with Crippen LogP contribution in [0.3, 0.4) is 0 Å². The summed E-state index contributed by atoms with van der Waals surface area (Å²) in [5, 5.41) is 12.6. The third kappa shape index (κ3) is 5.06. The van der Waals surface area contributed by atoms with Gasteiger partial charge >= 0.3 is 0 Å². The standard InChI is InChI=1S/C16H21NO2S2/c1-20-13-7-5-12(6-8-13)17-16(19)15-10-9-14(21-15)4-2-3-11-18/h9-10,12-13,18H,3,5-8,11H2,1H3,(H,17,19). The summed E-state index contributed by atoms with van der Waals surface area (Å²) in [6, 6.07) is 4.01. The normalized spacial score (nSPS) is 21.4. The van der Waals surface area contributed by atoms with Crippen molar-refractivity contribution in [2.75, 3.05) is 12.9 Å². The zero-order valence-electron chi connectivity index (χ0n) is 12.2. The van der Waals surface area contributed by atoms with Crippen molar-refractivity contribution >= 4 is 29.0 Å². The van der Waals surface area contributed by atoms with E-state index in [9.17, 15) is 4.79 Å². The maximum Gasteiger partial charge on any atom is 0.261 e. The largest absolute Gasteiger partial charge is 0.395 e. The fourth-order valence-electron chi connectivity index (χ4n) is 2.43. The predicted molar refractivity (Wildman–Crippen MR) is 89.9 cm³/mol. The van der Waals surface area contributed by atoms with Crippen molar-refractivity contribution < 1.29 is 9.90 Å². The lowest BCUT2D eigenvalue weighted by molar-refractivity contribution is 0.0932. The molecule has 2 N–H and O–H groups in total. The van der Waals surface area contributed by atoms with E-state index in [-0.39, 0.29) is 12.5 Å². The molecule has 114 valence electrons. The average Bonchev–Trinajstić information content (AvgIpc) is 2.97. The molecule has 0 spiro atoms. The lowest BCUT2D eigenvalue weighted by Crippen LogP contribution is -2.37. The Bertz CT molecular complexity index is 522. The Morgan fingerprint density at radius 1 is 1.43 bits per heavy atom.